The molecule has 2 rings (SSSR count). The molecular formula is C17H26FN3O3S. The third-order valence-corrected chi connectivity index (χ3v) is 5.79. The fourth-order valence-corrected chi connectivity index (χ4v) is 3.90. The minimum Gasteiger partial charge on any atom is -0.373 e. The maximum absolute atomic E-state index is 13.7. The number of benzene rings is 1. The van der Waals surface area contributed by atoms with E-state index in [1.165, 1.54) is 18.2 Å². The van der Waals surface area contributed by atoms with E-state index in [4.69, 9.17) is 4.74 Å². The van der Waals surface area contributed by atoms with Crippen LogP contribution in [0.15, 0.2) is 34.2 Å². The van der Waals surface area contributed by atoms with Gasteiger partial charge in [0.1, 0.15) is 10.7 Å². The molecule has 1 unspecified atom stereocenters. The highest BCUT2D eigenvalue weighted by atomic mass is 32.2. The van der Waals surface area contributed by atoms with E-state index in [1.54, 1.807) is 0 Å². The highest BCUT2D eigenvalue weighted by molar-refractivity contribution is 7.91. The number of sulfone groups is 1. The fraction of sp³-hybridized carbons (Fsp3) is 0.588. The molecular weight excluding hydrogens is 345 g/mol. The molecule has 1 aromatic carbocycles. The molecule has 6 nitrogen and oxygen atoms in total. The van der Waals surface area contributed by atoms with E-state index in [-0.39, 0.29) is 22.8 Å². The van der Waals surface area contributed by atoms with Gasteiger partial charge in [0, 0.05) is 19.7 Å². The Bertz CT molecular complexity index is 701. The Morgan fingerprint density at radius 1 is 1.36 bits per heavy atom. The summed E-state index contributed by atoms with van der Waals surface area (Å²) in [7, 11) is -3.69. The summed E-state index contributed by atoms with van der Waals surface area (Å²) in [6.07, 6.45) is 1.98. The molecule has 8 heteroatoms. The first-order valence-corrected chi connectivity index (χ1v) is 10.1. The predicted octanol–water partition coefficient (Wildman–Crippen LogP) is 1.72. The van der Waals surface area contributed by atoms with Gasteiger partial charge in [0.05, 0.1) is 17.9 Å². The van der Waals surface area contributed by atoms with Crippen molar-refractivity contribution < 1.29 is 17.5 Å². The van der Waals surface area contributed by atoms with Crippen LogP contribution in [0.3, 0.4) is 0 Å². The molecule has 0 aromatic heterocycles. The molecule has 0 saturated carbocycles. The van der Waals surface area contributed by atoms with Crippen molar-refractivity contribution in [1.29, 1.82) is 0 Å². The van der Waals surface area contributed by atoms with Crippen LogP contribution in [0.1, 0.15) is 26.7 Å². The zero-order valence-corrected chi connectivity index (χ0v) is 15.5. The highest BCUT2D eigenvalue weighted by Gasteiger charge is 2.29. The molecule has 25 heavy (non-hydrogen) atoms. The number of ether oxygens (including phenoxy) is 1. The first kappa shape index (κ1) is 19.7. The normalized spacial score (nSPS) is 21.3. The monoisotopic (exact) mass is 371 g/mol. The predicted molar refractivity (Wildman–Crippen MR) is 96.0 cm³/mol. The topological polar surface area (TPSA) is 79.8 Å². The van der Waals surface area contributed by atoms with Crippen molar-refractivity contribution >= 4 is 15.8 Å². The number of aliphatic imine (C=N–C) groups is 1. The summed E-state index contributed by atoms with van der Waals surface area (Å²) >= 11 is 0. The van der Waals surface area contributed by atoms with Gasteiger partial charge in [-0.1, -0.05) is 12.1 Å². The van der Waals surface area contributed by atoms with E-state index in [0.717, 1.165) is 25.5 Å². The Labute approximate surface area is 148 Å². The largest absolute Gasteiger partial charge is 0.373 e. The lowest BCUT2D eigenvalue weighted by molar-refractivity contribution is 0.0283. The quantitative estimate of drug-likeness (QED) is 0.564. The van der Waals surface area contributed by atoms with Gasteiger partial charge in [-0.3, -0.25) is 4.99 Å². The average Bonchev–Trinajstić information content (AvgIpc) is 3.00. The van der Waals surface area contributed by atoms with Gasteiger partial charge in [-0.15, -0.1) is 0 Å². The molecule has 140 valence electrons. The standard InChI is InChI=1S/C17H26FN3O3S/c1-3-19-16(21-13-17(2)9-6-11-24-17)20-10-12-25(22,23)15-8-5-4-7-14(15)18/h4-5,7-8H,3,6,9-13H2,1-2H3,(H2,19,20,21). The zero-order chi connectivity index (χ0) is 18.3. The van der Waals surface area contributed by atoms with Crippen molar-refractivity contribution in [2.24, 2.45) is 4.99 Å². The summed E-state index contributed by atoms with van der Waals surface area (Å²) in [4.78, 5) is 4.21. The van der Waals surface area contributed by atoms with Gasteiger partial charge in [0.15, 0.2) is 15.8 Å². The van der Waals surface area contributed by atoms with Gasteiger partial charge in [-0.25, -0.2) is 12.8 Å². The van der Waals surface area contributed by atoms with Crippen LogP contribution in [0.5, 0.6) is 0 Å². The lowest BCUT2D eigenvalue weighted by atomic mass is 10.0. The first-order chi connectivity index (χ1) is 11.9. The molecule has 1 saturated heterocycles. The summed E-state index contributed by atoms with van der Waals surface area (Å²) in [5.74, 6) is -0.413. The number of hydrogen-bond donors (Lipinski definition) is 2. The van der Waals surface area contributed by atoms with E-state index in [9.17, 15) is 12.8 Å². The maximum Gasteiger partial charge on any atom is 0.191 e. The van der Waals surface area contributed by atoms with Gasteiger partial charge in [-0.05, 0) is 38.8 Å². The Morgan fingerprint density at radius 2 is 2.12 bits per heavy atom. The summed E-state index contributed by atoms with van der Waals surface area (Å²) in [5.41, 5.74) is -0.262. The molecule has 0 amide bonds. The Hall–Kier alpha value is -1.67. The first-order valence-electron chi connectivity index (χ1n) is 8.50. The molecule has 1 aromatic rings. The van der Waals surface area contributed by atoms with E-state index >= 15 is 0 Å². The highest BCUT2D eigenvalue weighted by Crippen LogP contribution is 2.25. The number of halogens is 1. The van der Waals surface area contributed by atoms with E-state index in [2.05, 4.69) is 15.6 Å². The summed E-state index contributed by atoms with van der Waals surface area (Å²) in [5, 5.41) is 6.06. The van der Waals surface area contributed by atoms with Gasteiger partial charge in [0.2, 0.25) is 0 Å². The molecule has 0 spiro atoms. The summed E-state index contributed by atoms with van der Waals surface area (Å²) < 4.78 is 43.9. The van der Waals surface area contributed by atoms with Crippen molar-refractivity contribution in [3.8, 4) is 0 Å². The molecule has 2 N–H and O–H groups in total. The van der Waals surface area contributed by atoms with E-state index in [1.807, 2.05) is 13.8 Å². The number of guanidine groups is 1. The van der Waals surface area contributed by atoms with Crippen LogP contribution in [0.25, 0.3) is 0 Å². The second-order valence-electron chi connectivity index (χ2n) is 6.27. The maximum atomic E-state index is 13.7. The zero-order valence-electron chi connectivity index (χ0n) is 14.7. The second-order valence-corrected chi connectivity index (χ2v) is 8.35. The van der Waals surface area contributed by atoms with Gasteiger partial charge in [0.25, 0.3) is 0 Å². The van der Waals surface area contributed by atoms with Crippen LogP contribution in [-0.2, 0) is 14.6 Å². The van der Waals surface area contributed by atoms with Crippen LogP contribution in [-0.4, -0.2) is 52.0 Å². The van der Waals surface area contributed by atoms with Crippen molar-refractivity contribution in [2.75, 3.05) is 32.0 Å². The minimum absolute atomic E-state index is 0.139. The molecule has 1 heterocycles. The number of hydrogen-bond acceptors (Lipinski definition) is 4. The lowest BCUT2D eigenvalue weighted by Gasteiger charge is -2.21. The van der Waals surface area contributed by atoms with E-state index < -0.39 is 15.7 Å². The smallest absolute Gasteiger partial charge is 0.191 e. The lowest BCUT2D eigenvalue weighted by Crippen LogP contribution is -2.41. The third-order valence-electron chi connectivity index (χ3n) is 4.05. The van der Waals surface area contributed by atoms with Gasteiger partial charge < -0.3 is 15.4 Å². The average molecular weight is 371 g/mol. The van der Waals surface area contributed by atoms with Crippen molar-refractivity contribution in [3.63, 3.8) is 0 Å². The van der Waals surface area contributed by atoms with Crippen LogP contribution >= 0.6 is 0 Å². The SMILES string of the molecule is CCNC(=NCC1(C)CCCO1)NCCS(=O)(=O)c1ccccc1F. The van der Waals surface area contributed by atoms with Crippen LogP contribution in [0, 0.1) is 5.82 Å². The van der Waals surface area contributed by atoms with Crippen LogP contribution in [0.2, 0.25) is 0 Å². The summed E-state index contributed by atoms with van der Waals surface area (Å²) in [6, 6.07) is 5.40. The molecule has 1 atom stereocenters. The van der Waals surface area contributed by atoms with Crippen molar-refractivity contribution in [3.05, 3.63) is 30.1 Å². The molecule has 0 bridgehead atoms. The molecule has 1 fully saturated rings. The van der Waals surface area contributed by atoms with Crippen molar-refractivity contribution in [2.45, 2.75) is 37.2 Å². The Morgan fingerprint density at radius 3 is 2.76 bits per heavy atom. The Balaban J connectivity index is 1.93. The van der Waals surface area contributed by atoms with Crippen LogP contribution < -0.4 is 10.6 Å². The molecule has 0 aliphatic carbocycles. The van der Waals surface area contributed by atoms with Crippen molar-refractivity contribution in [1.82, 2.24) is 10.6 Å². The number of nitrogens with one attached hydrogen (secondary N) is 2. The molecule has 1 aliphatic rings. The van der Waals surface area contributed by atoms with Gasteiger partial charge in [-0.2, -0.15) is 0 Å². The third kappa shape index (κ3) is 5.67. The second kappa shape index (κ2) is 8.62. The molecule has 0 radical (unpaired) electrons. The van der Waals surface area contributed by atoms with Gasteiger partial charge >= 0.3 is 0 Å². The number of rotatable bonds is 7. The number of nitrogens with zero attached hydrogens (tertiary/aromatic N) is 1. The fourth-order valence-electron chi connectivity index (χ4n) is 2.66. The summed E-state index contributed by atoms with van der Waals surface area (Å²) in [6.45, 7) is 6.00. The minimum atomic E-state index is -3.69. The Kier molecular flexibility index (Phi) is 6.78. The van der Waals surface area contributed by atoms with E-state index in [0.29, 0.717) is 19.0 Å². The molecule has 1 aliphatic heterocycles. The van der Waals surface area contributed by atoms with Crippen LogP contribution in [0.4, 0.5) is 4.39 Å².